The van der Waals surface area contributed by atoms with Crippen molar-refractivity contribution in [2.45, 2.75) is 37.0 Å². The fourth-order valence-electron chi connectivity index (χ4n) is 2.02. The van der Waals surface area contributed by atoms with E-state index in [1.807, 2.05) is 0 Å². The SMILES string of the molecule is NCCCCCCC(=O)Nc1cccc(S(=O)(=O)NCCN)c1. The van der Waals surface area contributed by atoms with Crippen LogP contribution in [0.25, 0.3) is 0 Å². The van der Waals surface area contributed by atoms with E-state index in [9.17, 15) is 13.2 Å². The largest absolute Gasteiger partial charge is 0.330 e. The molecule has 1 rings (SSSR count). The molecule has 0 heterocycles. The summed E-state index contributed by atoms with van der Waals surface area (Å²) >= 11 is 0. The summed E-state index contributed by atoms with van der Waals surface area (Å²) in [5.41, 5.74) is 11.2. The molecule has 0 fully saturated rings. The third-order valence-electron chi connectivity index (χ3n) is 3.22. The van der Waals surface area contributed by atoms with Gasteiger partial charge in [0.15, 0.2) is 0 Å². The lowest BCUT2D eigenvalue weighted by Crippen LogP contribution is -2.29. The number of nitrogens with one attached hydrogen (secondary N) is 2. The van der Waals surface area contributed by atoms with E-state index >= 15 is 0 Å². The molecule has 0 radical (unpaired) electrons. The van der Waals surface area contributed by atoms with E-state index in [2.05, 4.69) is 10.0 Å². The summed E-state index contributed by atoms with van der Waals surface area (Å²) in [5.74, 6) is -0.123. The van der Waals surface area contributed by atoms with E-state index in [0.29, 0.717) is 18.7 Å². The maximum absolute atomic E-state index is 12.0. The number of unbranched alkanes of at least 4 members (excludes halogenated alkanes) is 3. The van der Waals surface area contributed by atoms with Crippen molar-refractivity contribution in [3.63, 3.8) is 0 Å². The molecular weight excluding hydrogens is 316 g/mol. The van der Waals surface area contributed by atoms with E-state index in [0.717, 1.165) is 25.7 Å². The van der Waals surface area contributed by atoms with Crippen LogP contribution in [0.4, 0.5) is 5.69 Å². The molecule has 0 bridgehead atoms. The zero-order valence-electron chi connectivity index (χ0n) is 13.3. The molecule has 0 atom stereocenters. The number of anilines is 1. The number of hydrogen-bond donors (Lipinski definition) is 4. The van der Waals surface area contributed by atoms with Crippen LogP contribution in [0.3, 0.4) is 0 Å². The number of carbonyl (C=O) groups excluding carboxylic acids is 1. The van der Waals surface area contributed by atoms with Crippen molar-refractivity contribution in [1.29, 1.82) is 0 Å². The van der Waals surface area contributed by atoms with Crippen molar-refractivity contribution >= 4 is 21.6 Å². The van der Waals surface area contributed by atoms with Gasteiger partial charge in [0, 0.05) is 25.2 Å². The van der Waals surface area contributed by atoms with Crippen LogP contribution in [0, 0.1) is 0 Å². The predicted molar refractivity (Wildman–Crippen MR) is 91.5 cm³/mol. The molecule has 0 aliphatic carbocycles. The molecule has 23 heavy (non-hydrogen) atoms. The smallest absolute Gasteiger partial charge is 0.240 e. The Morgan fingerprint density at radius 2 is 1.78 bits per heavy atom. The highest BCUT2D eigenvalue weighted by molar-refractivity contribution is 7.89. The average Bonchev–Trinajstić information content (AvgIpc) is 2.53. The Bertz CT molecular complexity index is 590. The lowest BCUT2D eigenvalue weighted by atomic mass is 10.1. The fraction of sp³-hybridized carbons (Fsp3) is 0.533. The van der Waals surface area contributed by atoms with Gasteiger partial charge in [-0.1, -0.05) is 18.9 Å². The molecule has 6 N–H and O–H groups in total. The third-order valence-corrected chi connectivity index (χ3v) is 4.68. The first-order valence-electron chi connectivity index (χ1n) is 7.79. The summed E-state index contributed by atoms with van der Waals surface area (Å²) in [5, 5.41) is 2.72. The monoisotopic (exact) mass is 342 g/mol. The third kappa shape index (κ3) is 7.56. The van der Waals surface area contributed by atoms with E-state index in [4.69, 9.17) is 11.5 Å². The van der Waals surface area contributed by atoms with Gasteiger partial charge in [-0.2, -0.15) is 0 Å². The fourth-order valence-corrected chi connectivity index (χ4v) is 3.12. The molecule has 0 unspecified atom stereocenters. The van der Waals surface area contributed by atoms with Crippen LogP contribution < -0.4 is 21.5 Å². The van der Waals surface area contributed by atoms with Crippen LogP contribution in [0.5, 0.6) is 0 Å². The van der Waals surface area contributed by atoms with Gasteiger partial charge in [-0.25, -0.2) is 13.1 Å². The average molecular weight is 342 g/mol. The maximum atomic E-state index is 12.0. The molecule has 1 amide bonds. The first kappa shape index (κ1) is 19.6. The van der Waals surface area contributed by atoms with E-state index in [-0.39, 0.29) is 23.9 Å². The molecule has 0 aromatic heterocycles. The van der Waals surface area contributed by atoms with Crippen LogP contribution in [-0.2, 0) is 14.8 Å². The number of benzene rings is 1. The Morgan fingerprint density at radius 1 is 1.04 bits per heavy atom. The van der Waals surface area contributed by atoms with Gasteiger partial charge in [0.2, 0.25) is 15.9 Å². The molecule has 0 spiro atoms. The highest BCUT2D eigenvalue weighted by Gasteiger charge is 2.13. The molecule has 0 saturated carbocycles. The second-order valence-corrected chi connectivity index (χ2v) is 6.98. The van der Waals surface area contributed by atoms with Crippen molar-refractivity contribution in [2.24, 2.45) is 11.5 Å². The first-order chi connectivity index (χ1) is 11.0. The molecule has 0 aliphatic rings. The minimum Gasteiger partial charge on any atom is -0.330 e. The topological polar surface area (TPSA) is 127 Å². The van der Waals surface area contributed by atoms with Crippen molar-refractivity contribution < 1.29 is 13.2 Å². The van der Waals surface area contributed by atoms with E-state index in [1.54, 1.807) is 12.1 Å². The molecular formula is C15H26N4O3S. The number of hydrogen-bond acceptors (Lipinski definition) is 5. The van der Waals surface area contributed by atoms with Gasteiger partial charge in [-0.05, 0) is 37.6 Å². The predicted octanol–water partition coefficient (Wildman–Crippen LogP) is 0.771. The van der Waals surface area contributed by atoms with Crippen molar-refractivity contribution in [3.8, 4) is 0 Å². The van der Waals surface area contributed by atoms with Gasteiger partial charge in [-0.15, -0.1) is 0 Å². The Morgan fingerprint density at radius 3 is 2.48 bits per heavy atom. The first-order valence-corrected chi connectivity index (χ1v) is 9.27. The second-order valence-electron chi connectivity index (χ2n) is 5.22. The van der Waals surface area contributed by atoms with Gasteiger partial charge in [0.05, 0.1) is 4.90 Å². The quantitative estimate of drug-likeness (QED) is 0.442. The number of sulfonamides is 1. The zero-order valence-corrected chi connectivity index (χ0v) is 14.1. The molecule has 1 aromatic rings. The Hall–Kier alpha value is -1.48. The molecule has 7 nitrogen and oxygen atoms in total. The maximum Gasteiger partial charge on any atom is 0.240 e. The summed E-state index contributed by atoms with van der Waals surface area (Å²) in [6, 6.07) is 6.16. The highest BCUT2D eigenvalue weighted by Crippen LogP contribution is 2.16. The van der Waals surface area contributed by atoms with Crippen LogP contribution in [0.2, 0.25) is 0 Å². The van der Waals surface area contributed by atoms with Crippen molar-refractivity contribution in [3.05, 3.63) is 24.3 Å². The minimum absolute atomic E-state index is 0.103. The van der Waals surface area contributed by atoms with Crippen LogP contribution in [0.1, 0.15) is 32.1 Å². The Labute approximate surface area is 137 Å². The van der Waals surface area contributed by atoms with Crippen molar-refractivity contribution in [1.82, 2.24) is 4.72 Å². The summed E-state index contributed by atoms with van der Waals surface area (Å²) in [4.78, 5) is 12.0. The zero-order chi connectivity index (χ0) is 17.1. The highest BCUT2D eigenvalue weighted by atomic mass is 32.2. The summed E-state index contributed by atoms with van der Waals surface area (Å²) in [7, 11) is -3.60. The number of carbonyl (C=O) groups is 1. The van der Waals surface area contributed by atoms with E-state index in [1.165, 1.54) is 12.1 Å². The summed E-state index contributed by atoms with van der Waals surface area (Å²) in [6.45, 7) is 1.06. The van der Waals surface area contributed by atoms with Gasteiger partial charge >= 0.3 is 0 Å². The van der Waals surface area contributed by atoms with Gasteiger partial charge in [-0.3, -0.25) is 4.79 Å². The van der Waals surface area contributed by atoms with E-state index < -0.39 is 10.0 Å². The second kappa shape index (κ2) is 10.3. The molecule has 0 saturated heterocycles. The lowest BCUT2D eigenvalue weighted by molar-refractivity contribution is -0.116. The number of amides is 1. The normalized spacial score (nSPS) is 11.4. The van der Waals surface area contributed by atoms with Gasteiger partial charge in [0.25, 0.3) is 0 Å². The Balaban J connectivity index is 2.55. The molecule has 1 aromatic carbocycles. The van der Waals surface area contributed by atoms with Gasteiger partial charge in [0.1, 0.15) is 0 Å². The Kier molecular flexibility index (Phi) is 8.78. The van der Waals surface area contributed by atoms with Crippen LogP contribution in [0.15, 0.2) is 29.2 Å². The lowest BCUT2D eigenvalue weighted by Gasteiger charge is -2.09. The molecule has 0 aliphatic heterocycles. The van der Waals surface area contributed by atoms with Crippen LogP contribution in [-0.4, -0.2) is 34.0 Å². The van der Waals surface area contributed by atoms with Crippen LogP contribution >= 0.6 is 0 Å². The van der Waals surface area contributed by atoms with Crippen molar-refractivity contribution in [2.75, 3.05) is 25.0 Å². The molecule has 8 heteroatoms. The minimum atomic E-state index is -3.60. The standard InChI is InChI=1S/C15H26N4O3S/c16-9-4-2-1-3-8-15(20)19-13-6-5-7-14(12-13)23(21,22)18-11-10-17/h5-7,12,18H,1-4,8-11,16-17H2,(H,19,20). The summed E-state index contributed by atoms with van der Waals surface area (Å²) < 4.78 is 26.4. The molecule has 130 valence electrons. The number of nitrogens with two attached hydrogens (primary N) is 2. The summed E-state index contributed by atoms with van der Waals surface area (Å²) in [6.07, 6.45) is 4.15. The van der Waals surface area contributed by atoms with Gasteiger partial charge < -0.3 is 16.8 Å². The number of rotatable bonds is 11.